The van der Waals surface area contributed by atoms with Gasteiger partial charge in [0.05, 0.1) is 11.4 Å². The smallest absolute Gasteiger partial charge is 0.247 e. The molecule has 1 aromatic heterocycles. The molecule has 0 bridgehead atoms. The van der Waals surface area contributed by atoms with Gasteiger partial charge in [-0.3, -0.25) is 4.79 Å². The fourth-order valence-electron chi connectivity index (χ4n) is 2.25. The Morgan fingerprint density at radius 2 is 1.92 bits per heavy atom. The molecular weight excluding hydrogens is 316 g/mol. The van der Waals surface area contributed by atoms with Gasteiger partial charge in [0.15, 0.2) is 0 Å². The van der Waals surface area contributed by atoms with Crippen LogP contribution in [0.5, 0.6) is 0 Å². The minimum atomic E-state index is -0.262. The summed E-state index contributed by atoms with van der Waals surface area (Å²) < 4.78 is 0. The van der Waals surface area contributed by atoms with Gasteiger partial charge in [0.2, 0.25) is 5.91 Å². The van der Waals surface area contributed by atoms with Crippen molar-refractivity contribution in [1.82, 2.24) is 14.9 Å². The van der Waals surface area contributed by atoms with Crippen molar-refractivity contribution in [2.75, 3.05) is 43.7 Å². The second-order valence-corrected chi connectivity index (χ2v) is 6.09. The summed E-state index contributed by atoms with van der Waals surface area (Å²) in [6.45, 7) is 4.28. The van der Waals surface area contributed by atoms with Crippen LogP contribution in [-0.2, 0) is 11.3 Å². The summed E-state index contributed by atoms with van der Waals surface area (Å²) in [7, 11) is 7.82. The predicted octanol–water partition coefficient (Wildman–Crippen LogP) is 2.47. The Morgan fingerprint density at radius 1 is 1.16 bits per heavy atom. The van der Waals surface area contributed by atoms with E-state index in [9.17, 15) is 4.79 Å². The van der Waals surface area contributed by atoms with Gasteiger partial charge in [-0.2, -0.15) is 0 Å². The second kappa shape index (κ2) is 8.25. The number of aromatic nitrogens is 2. The van der Waals surface area contributed by atoms with Gasteiger partial charge in [0.1, 0.15) is 18.0 Å². The van der Waals surface area contributed by atoms with Crippen molar-refractivity contribution in [2.45, 2.75) is 6.54 Å². The topological polar surface area (TPSA) is 73.4 Å². The van der Waals surface area contributed by atoms with Crippen LogP contribution >= 0.6 is 0 Å². The van der Waals surface area contributed by atoms with Crippen LogP contribution in [0.1, 0.15) is 5.56 Å². The Bertz CT molecular complexity index is 757. The molecule has 0 aliphatic rings. The van der Waals surface area contributed by atoms with Crippen molar-refractivity contribution < 1.29 is 4.79 Å². The molecule has 2 rings (SSSR count). The molecule has 0 unspecified atom stereocenters. The molecular formula is C18H24N6O. The van der Waals surface area contributed by atoms with E-state index < -0.39 is 0 Å². The third kappa shape index (κ3) is 5.29. The third-order valence-corrected chi connectivity index (χ3v) is 3.40. The molecule has 7 heteroatoms. The zero-order chi connectivity index (χ0) is 18.4. The minimum Gasteiger partial charge on any atom is -0.363 e. The first-order valence-corrected chi connectivity index (χ1v) is 7.86. The predicted molar refractivity (Wildman–Crippen MR) is 102 cm³/mol. The number of nitrogens with zero attached hydrogens (tertiary/aromatic N) is 4. The summed E-state index contributed by atoms with van der Waals surface area (Å²) in [4.78, 5) is 24.2. The standard InChI is InChI=1S/C18H24N6O/c1-6-18(25)22-15-9-13(11-23(2)3)7-8-14(15)21-16-10-17(24(4)5)20-12-19-16/h6-10,12H,1,11H2,2-5H3,(H,22,25)(H,19,20,21). The molecule has 2 N–H and O–H groups in total. The number of rotatable bonds is 7. The summed E-state index contributed by atoms with van der Waals surface area (Å²) in [6.07, 6.45) is 2.75. The molecule has 132 valence electrons. The summed E-state index contributed by atoms with van der Waals surface area (Å²) >= 11 is 0. The van der Waals surface area contributed by atoms with Crippen LogP contribution in [0.2, 0.25) is 0 Å². The van der Waals surface area contributed by atoms with Crippen molar-refractivity contribution >= 4 is 28.9 Å². The molecule has 0 saturated heterocycles. The Hall–Kier alpha value is -2.93. The van der Waals surface area contributed by atoms with E-state index in [1.54, 1.807) is 0 Å². The normalized spacial score (nSPS) is 10.4. The largest absolute Gasteiger partial charge is 0.363 e. The van der Waals surface area contributed by atoms with Gasteiger partial charge < -0.3 is 20.4 Å². The van der Waals surface area contributed by atoms with E-state index in [4.69, 9.17) is 0 Å². The van der Waals surface area contributed by atoms with Gasteiger partial charge in [0, 0.05) is 26.7 Å². The van der Waals surface area contributed by atoms with Gasteiger partial charge in [-0.1, -0.05) is 12.6 Å². The first-order valence-electron chi connectivity index (χ1n) is 7.86. The second-order valence-electron chi connectivity index (χ2n) is 6.09. The van der Waals surface area contributed by atoms with Gasteiger partial charge >= 0.3 is 0 Å². The first kappa shape index (κ1) is 18.4. The Morgan fingerprint density at radius 3 is 2.56 bits per heavy atom. The van der Waals surface area contributed by atoms with Gasteiger partial charge in [-0.25, -0.2) is 9.97 Å². The number of hydrogen-bond donors (Lipinski definition) is 2. The summed E-state index contributed by atoms with van der Waals surface area (Å²) in [5, 5.41) is 6.08. The van der Waals surface area contributed by atoms with Gasteiger partial charge in [-0.15, -0.1) is 0 Å². The van der Waals surface area contributed by atoms with E-state index in [0.717, 1.165) is 23.6 Å². The van der Waals surface area contributed by atoms with E-state index in [2.05, 4.69) is 32.1 Å². The first-order chi connectivity index (χ1) is 11.9. The van der Waals surface area contributed by atoms with Crippen molar-refractivity contribution in [1.29, 1.82) is 0 Å². The summed E-state index contributed by atoms with van der Waals surface area (Å²) in [5.74, 6) is 1.17. The number of carbonyl (C=O) groups is 1. The number of nitrogens with one attached hydrogen (secondary N) is 2. The lowest BCUT2D eigenvalue weighted by atomic mass is 10.1. The third-order valence-electron chi connectivity index (χ3n) is 3.40. The molecule has 0 aliphatic carbocycles. The van der Waals surface area contributed by atoms with Crippen LogP contribution in [0.15, 0.2) is 43.2 Å². The Labute approximate surface area is 148 Å². The zero-order valence-corrected chi connectivity index (χ0v) is 15.1. The average Bonchev–Trinajstić information content (AvgIpc) is 2.56. The van der Waals surface area contributed by atoms with Crippen molar-refractivity contribution in [3.8, 4) is 0 Å². The van der Waals surface area contributed by atoms with Crippen LogP contribution in [0, 0.1) is 0 Å². The lowest BCUT2D eigenvalue weighted by molar-refractivity contribution is -0.111. The number of benzene rings is 1. The summed E-state index contributed by atoms with van der Waals surface area (Å²) in [5.41, 5.74) is 2.52. The average molecular weight is 340 g/mol. The molecule has 0 atom stereocenters. The summed E-state index contributed by atoms with van der Waals surface area (Å²) in [6, 6.07) is 7.72. The minimum absolute atomic E-state index is 0.262. The Kier molecular flexibility index (Phi) is 6.08. The van der Waals surface area contributed by atoms with Crippen LogP contribution in [0.3, 0.4) is 0 Å². The molecule has 0 saturated carbocycles. The number of amides is 1. The molecule has 0 aliphatic heterocycles. The molecule has 1 amide bonds. The molecule has 0 radical (unpaired) electrons. The monoisotopic (exact) mass is 340 g/mol. The highest BCUT2D eigenvalue weighted by molar-refractivity contribution is 6.01. The zero-order valence-electron chi connectivity index (χ0n) is 15.1. The molecule has 7 nitrogen and oxygen atoms in total. The van der Waals surface area contributed by atoms with Crippen LogP contribution in [0.25, 0.3) is 0 Å². The van der Waals surface area contributed by atoms with Crippen molar-refractivity contribution in [3.05, 3.63) is 48.8 Å². The number of carbonyl (C=O) groups excluding carboxylic acids is 1. The number of anilines is 4. The van der Waals surface area contributed by atoms with E-state index in [-0.39, 0.29) is 5.91 Å². The van der Waals surface area contributed by atoms with E-state index in [1.165, 1.54) is 12.4 Å². The molecule has 1 heterocycles. The lowest BCUT2D eigenvalue weighted by Gasteiger charge is -2.17. The lowest BCUT2D eigenvalue weighted by Crippen LogP contribution is -2.13. The van der Waals surface area contributed by atoms with Crippen LogP contribution in [0.4, 0.5) is 23.0 Å². The number of hydrogen-bond acceptors (Lipinski definition) is 6. The molecule has 0 spiro atoms. The quantitative estimate of drug-likeness (QED) is 0.755. The fraction of sp³-hybridized carbons (Fsp3) is 0.278. The SMILES string of the molecule is C=CC(=O)Nc1cc(CN(C)C)ccc1Nc1cc(N(C)C)ncn1. The van der Waals surface area contributed by atoms with Gasteiger partial charge in [-0.05, 0) is 37.9 Å². The van der Waals surface area contributed by atoms with E-state index in [0.29, 0.717) is 11.5 Å². The molecule has 1 aromatic carbocycles. The van der Waals surface area contributed by atoms with E-state index in [1.807, 2.05) is 57.4 Å². The fourth-order valence-corrected chi connectivity index (χ4v) is 2.25. The maximum Gasteiger partial charge on any atom is 0.247 e. The molecule has 25 heavy (non-hydrogen) atoms. The molecule has 0 fully saturated rings. The molecule has 2 aromatic rings. The highest BCUT2D eigenvalue weighted by atomic mass is 16.1. The van der Waals surface area contributed by atoms with Crippen LogP contribution in [-0.4, -0.2) is 49.0 Å². The van der Waals surface area contributed by atoms with E-state index >= 15 is 0 Å². The van der Waals surface area contributed by atoms with Gasteiger partial charge in [0.25, 0.3) is 0 Å². The van der Waals surface area contributed by atoms with Crippen molar-refractivity contribution in [3.63, 3.8) is 0 Å². The highest BCUT2D eigenvalue weighted by Crippen LogP contribution is 2.27. The maximum atomic E-state index is 11.8. The van der Waals surface area contributed by atoms with Crippen LogP contribution < -0.4 is 15.5 Å². The van der Waals surface area contributed by atoms with Crippen molar-refractivity contribution in [2.24, 2.45) is 0 Å². The highest BCUT2D eigenvalue weighted by Gasteiger charge is 2.09. The Balaban J connectivity index is 2.33. The maximum absolute atomic E-state index is 11.8.